The zero-order chi connectivity index (χ0) is 13.7. The van der Waals surface area contributed by atoms with E-state index < -0.39 is 0 Å². The molecule has 1 aromatic carbocycles. The minimum Gasteiger partial charge on any atom is -0.491 e. The van der Waals surface area contributed by atoms with Gasteiger partial charge in [-0.1, -0.05) is 25.0 Å². The molecule has 1 saturated carbocycles. The zero-order valence-corrected chi connectivity index (χ0v) is 12.1. The summed E-state index contributed by atoms with van der Waals surface area (Å²) < 4.78 is 5.68. The van der Waals surface area contributed by atoms with E-state index in [1.807, 2.05) is 13.8 Å². The van der Waals surface area contributed by atoms with Gasteiger partial charge in [-0.15, -0.1) is 0 Å². The second-order valence-electron chi connectivity index (χ2n) is 5.90. The van der Waals surface area contributed by atoms with Crippen molar-refractivity contribution in [2.24, 2.45) is 5.92 Å². The molecule has 0 saturated heterocycles. The lowest BCUT2D eigenvalue weighted by molar-refractivity contribution is 0.242. The van der Waals surface area contributed by atoms with Crippen LogP contribution in [0.15, 0.2) is 24.3 Å². The molecule has 0 aliphatic heterocycles. The van der Waals surface area contributed by atoms with E-state index >= 15 is 0 Å². The van der Waals surface area contributed by atoms with Gasteiger partial charge in [0.05, 0.1) is 6.10 Å². The van der Waals surface area contributed by atoms with Crippen LogP contribution in [0, 0.1) is 5.92 Å². The van der Waals surface area contributed by atoms with Gasteiger partial charge in [-0.2, -0.15) is 0 Å². The van der Waals surface area contributed by atoms with Crippen LogP contribution in [-0.4, -0.2) is 17.8 Å². The smallest absolute Gasteiger partial charge is 0.119 e. The van der Waals surface area contributed by atoms with Crippen molar-refractivity contribution in [2.45, 2.75) is 58.0 Å². The summed E-state index contributed by atoms with van der Waals surface area (Å²) >= 11 is 0. The molecule has 1 N–H and O–H groups in total. The van der Waals surface area contributed by atoms with Crippen LogP contribution in [0.4, 0.5) is 0 Å². The first kappa shape index (κ1) is 14.4. The van der Waals surface area contributed by atoms with Crippen LogP contribution >= 0.6 is 0 Å². The Morgan fingerprint density at radius 1 is 1.16 bits per heavy atom. The maximum atomic E-state index is 9.31. The van der Waals surface area contributed by atoms with Crippen molar-refractivity contribution in [3.05, 3.63) is 29.8 Å². The second-order valence-corrected chi connectivity index (χ2v) is 5.90. The molecule has 19 heavy (non-hydrogen) atoms. The molecule has 2 heteroatoms. The summed E-state index contributed by atoms with van der Waals surface area (Å²) in [6, 6.07) is 8.48. The van der Waals surface area contributed by atoms with Gasteiger partial charge in [-0.3, -0.25) is 0 Å². The molecule has 1 atom stereocenters. The summed E-state index contributed by atoms with van der Waals surface area (Å²) in [5.41, 5.74) is 1.36. The van der Waals surface area contributed by atoms with E-state index in [0.717, 1.165) is 18.1 Å². The normalized spacial score (nSPS) is 17.9. The van der Waals surface area contributed by atoms with Crippen LogP contribution in [0.2, 0.25) is 0 Å². The van der Waals surface area contributed by atoms with Crippen LogP contribution in [0.5, 0.6) is 5.75 Å². The molecule has 0 heterocycles. The average molecular weight is 262 g/mol. The summed E-state index contributed by atoms with van der Waals surface area (Å²) in [6.45, 7) is 4.37. The zero-order valence-electron chi connectivity index (χ0n) is 12.1. The highest BCUT2D eigenvalue weighted by Gasteiger charge is 2.25. The number of rotatable bonds is 6. The number of hydrogen-bond acceptors (Lipinski definition) is 2. The van der Waals surface area contributed by atoms with Gasteiger partial charge in [0, 0.05) is 6.61 Å². The monoisotopic (exact) mass is 262 g/mol. The highest BCUT2D eigenvalue weighted by molar-refractivity contribution is 5.30. The van der Waals surface area contributed by atoms with Crippen molar-refractivity contribution < 1.29 is 9.84 Å². The van der Waals surface area contributed by atoms with Gasteiger partial charge in [0.2, 0.25) is 0 Å². The molecule has 0 amide bonds. The predicted octanol–water partition coefficient (Wildman–Crippen LogP) is 4.13. The minimum atomic E-state index is 0.217. The van der Waals surface area contributed by atoms with E-state index in [0.29, 0.717) is 5.92 Å². The van der Waals surface area contributed by atoms with Gasteiger partial charge in [-0.05, 0) is 62.6 Å². The minimum absolute atomic E-state index is 0.217. The standard InChI is InChI=1S/C17H26O2/c1-13(2)19-16-9-7-15(8-10-16)17(11-12-18)14-5-3-4-6-14/h7-10,13-14,17-18H,3-6,11-12H2,1-2H3. The Bertz CT molecular complexity index is 363. The molecule has 2 rings (SSSR count). The highest BCUT2D eigenvalue weighted by Crippen LogP contribution is 2.39. The van der Waals surface area contributed by atoms with Crippen molar-refractivity contribution in [1.82, 2.24) is 0 Å². The first-order valence-corrected chi connectivity index (χ1v) is 7.58. The molecule has 1 unspecified atom stereocenters. The fourth-order valence-electron chi connectivity index (χ4n) is 3.24. The van der Waals surface area contributed by atoms with Crippen LogP contribution in [-0.2, 0) is 0 Å². The predicted molar refractivity (Wildman–Crippen MR) is 78.6 cm³/mol. The Balaban J connectivity index is 2.08. The molecule has 1 aliphatic rings. The number of aliphatic hydroxyl groups excluding tert-OH is 1. The molecule has 1 aliphatic carbocycles. The first-order valence-electron chi connectivity index (χ1n) is 7.58. The average Bonchev–Trinajstić information content (AvgIpc) is 2.90. The lowest BCUT2D eigenvalue weighted by Crippen LogP contribution is -2.12. The van der Waals surface area contributed by atoms with Crippen molar-refractivity contribution in [3.8, 4) is 5.75 Å². The fourth-order valence-corrected chi connectivity index (χ4v) is 3.24. The lowest BCUT2D eigenvalue weighted by Gasteiger charge is -2.23. The SMILES string of the molecule is CC(C)Oc1ccc(C(CCO)C2CCCC2)cc1. The molecule has 1 aromatic rings. The van der Waals surface area contributed by atoms with Crippen LogP contribution in [0.3, 0.4) is 0 Å². The third-order valence-corrected chi connectivity index (χ3v) is 4.09. The summed E-state index contributed by atoms with van der Waals surface area (Å²) in [7, 11) is 0. The van der Waals surface area contributed by atoms with Crippen LogP contribution in [0.25, 0.3) is 0 Å². The van der Waals surface area contributed by atoms with E-state index in [-0.39, 0.29) is 12.7 Å². The topological polar surface area (TPSA) is 29.5 Å². The van der Waals surface area contributed by atoms with Gasteiger partial charge < -0.3 is 9.84 Å². The van der Waals surface area contributed by atoms with Gasteiger partial charge in [0.1, 0.15) is 5.75 Å². The molecule has 106 valence electrons. The van der Waals surface area contributed by atoms with E-state index in [4.69, 9.17) is 4.74 Å². The van der Waals surface area contributed by atoms with Crippen molar-refractivity contribution in [2.75, 3.05) is 6.61 Å². The quantitative estimate of drug-likeness (QED) is 0.835. The summed E-state index contributed by atoms with van der Waals surface area (Å²) in [5, 5.41) is 9.31. The Hall–Kier alpha value is -1.02. The molecule has 1 fully saturated rings. The van der Waals surface area contributed by atoms with E-state index in [2.05, 4.69) is 24.3 Å². The molecule has 2 nitrogen and oxygen atoms in total. The second kappa shape index (κ2) is 6.95. The molecule has 0 bridgehead atoms. The van der Waals surface area contributed by atoms with E-state index in [9.17, 15) is 5.11 Å². The number of hydrogen-bond donors (Lipinski definition) is 1. The maximum Gasteiger partial charge on any atom is 0.119 e. The van der Waals surface area contributed by atoms with Gasteiger partial charge in [0.25, 0.3) is 0 Å². The van der Waals surface area contributed by atoms with E-state index in [1.165, 1.54) is 31.2 Å². The third-order valence-electron chi connectivity index (χ3n) is 4.09. The molecule has 0 radical (unpaired) electrons. The van der Waals surface area contributed by atoms with Crippen molar-refractivity contribution in [3.63, 3.8) is 0 Å². The Morgan fingerprint density at radius 2 is 1.79 bits per heavy atom. The first-order chi connectivity index (χ1) is 9.20. The number of benzene rings is 1. The fraction of sp³-hybridized carbons (Fsp3) is 0.647. The van der Waals surface area contributed by atoms with Gasteiger partial charge in [-0.25, -0.2) is 0 Å². The molecule has 0 aromatic heterocycles. The Kier molecular flexibility index (Phi) is 5.26. The van der Waals surface area contributed by atoms with Crippen LogP contribution < -0.4 is 4.74 Å². The Labute approximate surface area is 116 Å². The summed E-state index contributed by atoms with van der Waals surface area (Å²) in [6.07, 6.45) is 6.43. The number of aliphatic hydroxyl groups is 1. The van der Waals surface area contributed by atoms with Crippen molar-refractivity contribution in [1.29, 1.82) is 0 Å². The maximum absolute atomic E-state index is 9.31. The van der Waals surface area contributed by atoms with Gasteiger partial charge >= 0.3 is 0 Å². The summed E-state index contributed by atoms with van der Waals surface area (Å²) in [4.78, 5) is 0. The molecule has 0 spiro atoms. The lowest BCUT2D eigenvalue weighted by atomic mass is 9.83. The van der Waals surface area contributed by atoms with Crippen LogP contribution in [0.1, 0.15) is 57.4 Å². The van der Waals surface area contributed by atoms with E-state index in [1.54, 1.807) is 0 Å². The van der Waals surface area contributed by atoms with Crippen molar-refractivity contribution >= 4 is 0 Å². The third kappa shape index (κ3) is 3.97. The molecular formula is C17H26O2. The largest absolute Gasteiger partial charge is 0.491 e. The number of ether oxygens (including phenoxy) is 1. The molecular weight excluding hydrogens is 236 g/mol. The summed E-state index contributed by atoms with van der Waals surface area (Å²) in [5.74, 6) is 2.21. The Morgan fingerprint density at radius 3 is 2.32 bits per heavy atom. The highest BCUT2D eigenvalue weighted by atomic mass is 16.5. The van der Waals surface area contributed by atoms with Gasteiger partial charge in [0.15, 0.2) is 0 Å².